The van der Waals surface area contributed by atoms with Crippen molar-refractivity contribution in [3.8, 4) is 0 Å². The third-order valence-corrected chi connectivity index (χ3v) is 4.33. The lowest BCUT2D eigenvalue weighted by Crippen LogP contribution is -2.50. The van der Waals surface area contributed by atoms with Crippen molar-refractivity contribution in [3.63, 3.8) is 0 Å². The molecule has 2 aliphatic heterocycles. The number of alkyl halides is 2. The van der Waals surface area contributed by atoms with E-state index in [9.17, 15) is 18.4 Å². The second kappa shape index (κ2) is 6.17. The van der Waals surface area contributed by atoms with E-state index in [0.717, 1.165) is 4.90 Å². The molecular formula is C15H19F2N3O3. The second-order valence-electron chi connectivity index (χ2n) is 6.06. The highest BCUT2D eigenvalue weighted by molar-refractivity contribution is 5.93. The minimum absolute atomic E-state index is 0.0800. The number of carbonyl (C=O) groups is 2. The fraction of sp³-hybridized carbons (Fsp3) is 0.600. The number of urea groups is 1. The molecule has 2 saturated heterocycles. The van der Waals surface area contributed by atoms with Crippen LogP contribution in [0, 0.1) is 0 Å². The van der Waals surface area contributed by atoms with E-state index in [1.54, 1.807) is 11.0 Å². The van der Waals surface area contributed by atoms with Gasteiger partial charge in [-0.25, -0.2) is 13.6 Å². The molecule has 23 heavy (non-hydrogen) atoms. The van der Waals surface area contributed by atoms with Crippen LogP contribution in [0.15, 0.2) is 23.0 Å². The van der Waals surface area contributed by atoms with Crippen molar-refractivity contribution in [1.82, 2.24) is 15.1 Å². The zero-order valence-corrected chi connectivity index (χ0v) is 12.6. The van der Waals surface area contributed by atoms with E-state index in [-0.39, 0.29) is 24.9 Å². The zero-order valence-electron chi connectivity index (χ0n) is 12.6. The highest BCUT2D eigenvalue weighted by Crippen LogP contribution is 2.26. The van der Waals surface area contributed by atoms with Crippen molar-refractivity contribution in [3.05, 3.63) is 24.2 Å². The van der Waals surface area contributed by atoms with Gasteiger partial charge in [0.2, 0.25) is 0 Å². The molecule has 0 aromatic carbocycles. The highest BCUT2D eigenvalue weighted by atomic mass is 19.3. The molecular weight excluding hydrogens is 308 g/mol. The molecule has 0 radical (unpaired) electrons. The van der Waals surface area contributed by atoms with Crippen LogP contribution < -0.4 is 5.32 Å². The first kappa shape index (κ1) is 15.8. The first-order valence-corrected chi connectivity index (χ1v) is 7.69. The Kier molecular flexibility index (Phi) is 4.23. The van der Waals surface area contributed by atoms with E-state index in [1.807, 2.05) is 0 Å². The number of rotatable bonds is 2. The van der Waals surface area contributed by atoms with Gasteiger partial charge in [0.25, 0.3) is 11.8 Å². The molecule has 0 unspecified atom stereocenters. The summed E-state index contributed by atoms with van der Waals surface area (Å²) in [6.45, 7) is 0.601. The van der Waals surface area contributed by atoms with Crippen LogP contribution in [0.4, 0.5) is 13.6 Å². The molecule has 3 heterocycles. The summed E-state index contributed by atoms with van der Waals surface area (Å²) in [6.07, 6.45) is 3.80. The number of hydrogen-bond donors (Lipinski definition) is 1. The lowest BCUT2D eigenvalue weighted by atomic mass is 10.0. The number of piperidine rings is 1. The Bertz CT molecular complexity index is 569. The van der Waals surface area contributed by atoms with Gasteiger partial charge in [-0.05, 0) is 18.9 Å². The van der Waals surface area contributed by atoms with Gasteiger partial charge in [0.15, 0.2) is 0 Å². The van der Waals surface area contributed by atoms with Gasteiger partial charge in [0, 0.05) is 32.1 Å². The largest absolute Gasteiger partial charge is 0.472 e. The molecule has 3 amide bonds. The standard InChI is InChI=1S/C15H19F2N3O3/c16-15(17)4-7-20(10-15)14(22)18-12-1-5-19(6-2-12)13(21)11-3-8-23-9-11/h3,8-9,12H,1-2,4-7,10H2,(H,18,22). The van der Waals surface area contributed by atoms with Gasteiger partial charge in [-0.15, -0.1) is 0 Å². The average Bonchev–Trinajstić information content (AvgIpc) is 3.16. The van der Waals surface area contributed by atoms with Crippen molar-refractivity contribution in [2.24, 2.45) is 0 Å². The smallest absolute Gasteiger partial charge is 0.317 e. The van der Waals surface area contributed by atoms with Crippen molar-refractivity contribution >= 4 is 11.9 Å². The number of amides is 3. The van der Waals surface area contributed by atoms with E-state index in [2.05, 4.69) is 5.32 Å². The van der Waals surface area contributed by atoms with Crippen molar-refractivity contribution in [2.45, 2.75) is 31.2 Å². The van der Waals surface area contributed by atoms with Crippen LogP contribution in [-0.2, 0) is 0 Å². The first-order valence-electron chi connectivity index (χ1n) is 7.69. The molecule has 0 saturated carbocycles. The van der Waals surface area contributed by atoms with E-state index in [1.165, 1.54) is 12.5 Å². The second-order valence-corrected chi connectivity index (χ2v) is 6.06. The fourth-order valence-corrected chi connectivity index (χ4v) is 2.97. The summed E-state index contributed by atoms with van der Waals surface area (Å²) in [5.41, 5.74) is 0.506. The van der Waals surface area contributed by atoms with Crippen molar-refractivity contribution in [1.29, 1.82) is 0 Å². The topological polar surface area (TPSA) is 65.8 Å². The molecule has 6 nitrogen and oxygen atoms in total. The summed E-state index contributed by atoms with van der Waals surface area (Å²) in [6, 6.07) is 1.08. The normalized spacial score (nSPS) is 21.5. The van der Waals surface area contributed by atoms with Gasteiger partial charge >= 0.3 is 6.03 Å². The Balaban J connectivity index is 1.46. The lowest BCUT2D eigenvalue weighted by Gasteiger charge is -2.33. The van der Waals surface area contributed by atoms with Gasteiger partial charge < -0.3 is 19.5 Å². The highest BCUT2D eigenvalue weighted by Gasteiger charge is 2.40. The maximum Gasteiger partial charge on any atom is 0.317 e. The van der Waals surface area contributed by atoms with Crippen molar-refractivity contribution < 1.29 is 22.8 Å². The van der Waals surface area contributed by atoms with Crippen LogP contribution in [0.2, 0.25) is 0 Å². The first-order chi connectivity index (χ1) is 10.9. The van der Waals surface area contributed by atoms with Crippen LogP contribution in [0.25, 0.3) is 0 Å². The van der Waals surface area contributed by atoms with Gasteiger partial charge in [0.05, 0.1) is 18.4 Å². The molecule has 126 valence electrons. The van der Waals surface area contributed by atoms with Gasteiger partial charge in [-0.1, -0.05) is 0 Å². The summed E-state index contributed by atoms with van der Waals surface area (Å²) in [5.74, 6) is -2.87. The number of likely N-dealkylation sites (tertiary alicyclic amines) is 2. The minimum atomic E-state index is -2.78. The molecule has 8 heteroatoms. The zero-order chi connectivity index (χ0) is 16.4. The monoisotopic (exact) mass is 327 g/mol. The number of hydrogen-bond acceptors (Lipinski definition) is 3. The lowest BCUT2D eigenvalue weighted by molar-refractivity contribution is 0.0151. The Hall–Kier alpha value is -2.12. The molecule has 1 aromatic heterocycles. The van der Waals surface area contributed by atoms with Gasteiger partial charge in [-0.2, -0.15) is 0 Å². The van der Waals surface area contributed by atoms with Crippen LogP contribution in [0.3, 0.4) is 0 Å². The maximum absolute atomic E-state index is 13.1. The molecule has 1 N–H and O–H groups in total. The van der Waals surface area contributed by atoms with E-state index < -0.39 is 18.5 Å². The number of nitrogens with one attached hydrogen (secondary N) is 1. The number of nitrogens with zero attached hydrogens (tertiary/aromatic N) is 2. The summed E-state index contributed by atoms with van der Waals surface area (Å²) in [7, 11) is 0. The molecule has 3 rings (SSSR count). The summed E-state index contributed by atoms with van der Waals surface area (Å²) in [5, 5.41) is 2.79. The van der Waals surface area contributed by atoms with E-state index in [0.29, 0.717) is 31.5 Å². The number of carbonyl (C=O) groups excluding carboxylic acids is 2. The van der Waals surface area contributed by atoms with Crippen LogP contribution in [0.1, 0.15) is 29.6 Å². The predicted molar refractivity (Wildman–Crippen MR) is 77.3 cm³/mol. The average molecular weight is 327 g/mol. The van der Waals surface area contributed by atoms with Crippen molar-refractivity contribution in [2.75, 3.05) is 26.2 Å². The summed E-state index contributed by atoms with van der Waals surface area (Å²) < 4.78 is 31.2. The predicted octanol–water partition coefficient (Wildman–Crippen LogP) is 1.93. The molecule has 2 aliphatic rings. The van der Waals surface area contributed by atoms with Crippen LogP contribution >= 0.6 is 0 Å². The summed E-state index contributed by atoms with van der Waals surface area (Å²) >= 11 is 0. The minimum Gasteiger partial charge on any atom is -0.472 e. The summed E-state index contributed by atoms with van der Waals surface area (Å²) in [4.78, 5) is 27.0. The number of halogens is 2. The van der Waals surface area contributed by atoms with E-state index >= 15 is 0 Å². The Morgan fingerprint density at radius 1 is 1.22 bits per heavy atom. The van der Waals surface area contributed by atoms with Crippen LogP contribution in [-0.4, -0.2) is 59.9 Å². The third-order valence-electron chi connectivity index (χ3n) is 4.33. The Morgan fingerprint density at radius 3 is 2.52 bits per heavy atom. The Morgan fingerprint density at radius 2 is 1.96 bits per heavy atom. The van der Waals surface area contributed by atoms with Gasteiger partial charge in [0.1, 0.15) is 6.26 Å². The fourth-order valence-electron chi connectivity index (χ4n) is 2.97. The molecule has 2 fully saturated rings. The molecule has 1 aromatic rings. The third kappa shape index (κ3) is 3.62. The molecule has 0 atom stereocenters. The molecule has 0 spiro atoms. The molecule has 0 bridgehead atoms. The molecule has 0 aliphatic carbocycles. The maximum atomic E-state index is 13.1. The van der Waals surface area contributed by atoms with Crippen LogP contribution in [0.5, 0.6) is 0 Å². The SMILES string of the molecule is O=C(NC1CCN(C(=O)c2ccoc2)CC1)N1CCC(F)(F)C1. The van der Waals surface area contributed by atoms with Gasteiger partial charge in [-0.3, -0.25) is 4.79 Å². The Labute approximate surface area is 132 Å². The number of furan rings is 1. The quantitative estimate of drug-likeness (QED) is 0.903. The van der Waals surface area contributed by atoms with E-state index in [4.69, 9.17) is 4.42 Å².